The zero-order valence-electron chi connectivity index (χ0n) is 11.4. The van der Waals surface area contributed by atoms with E-state index in [0.717, 1.165) is 22.6 Å². The molecule has 0 radical (unpaired) electrons. The first-order valence-corrected chi connectivity index (χ1v) is 6.07. The number of hydrazine groups is 1. The summed E-state index contributed by atoms with van der Waals surface area (Å²) >= 11 is 0. The fourth-order valence-corrected chi connectivity index (χ4v) is 1.73. The molecule has 0 saturated carbocycles. The van der Waals surface area contributed by atoms with Gasteiger partial charge in [0.15, 0.2) is 0 Å². The predicted molar refractivity (Wildman–Crippen MR) is 75.6 cm³/mol. The lowest BCUT2D eigenvalue weighted by Crippen LogP contribution is -2.14. The molecule has 0 amide bonds. The standard InChI is InChI=1S/C13H18N6/c1-8-4-5-11(6-15-8)7-16-12-9(2)13(19-14)18-10(3)17-12/h4-6H,7,14H2,1-3H3,(H2,16,17,18,19). The van der Waals surface area contributed by atoms with E-state index in [0.29, 0.717) is 18.2 Å². The predicted octanol–water partition coefficient (Wildman–Crippen LogP) is 1.69. The SMILES string of the molecule is Cc1ccc(CNc2nc(C)nc(NN)c2C)cn1. The lowest BCUT2D eigenvalue weighted by molar-refractivity contribution is 0.992. The summed E-state index contributed by atoms with van der Waals surface area (Å²) in [6, 6.07) is 4.03. The maximum atomic E-state index is 5.43. The van der Waals surface area contributed by atoms with E-state index in [1.165, 1.54) is 0 Å². The molecule has 0 aliphatic rings. The molecule has 0 spiro atoms. The van der Waals surface area contributed by atoms with Gasteiger partial charge in [0.2, 0.25) is 0 Å². The van der Waals surface area contributed by atoms with Crippen molar-refractivity contribution < 1.29 is 0 Å². The molecule has 6 nitrogen and oxygen atoms in total. The second kappa shape index (κ2) is 5.62. The van der Waals surface area contributed by atoms with E-state index >= 15 is 0 Å². The number of nitrogen functional groups attached to an aromatic ring is 1. The summed E-state index contributed by atoms with van der Waals surface area (Å²) in [5.41, 5.74) is 5.58. The molecule has 6 heteroatoms. The van der Waals surface area contributed by atoms with Crippen LogP contribution in [0.5, 0.6) is 0 Å². The van der Waals surface area contributed by atoms with Gasteiger partial charge in [0.05, 0.1) is 0 Å². The third-order valence-corrected chi connectivity index (χ3v) is 2.83. The molecule has 0 atom stereocenters. The number of nitrogens with two attached hydrogens (primary N) is 1. The number of pyridine rings is 1. The van der Waals surface area contributed by atoms with Crippen LogP contribution in [0.3, 0.4) is 0 Å². The largest absolute Gasteiger partial charge is 0.366 e. The van der Waals surface area contributed by atoms with Gasteiger partial charge in [-0.25, -0.2) is 15.8 Å². The summed E-state index contributed by atoms with van der Waals surface area (Å²) in [5, 5.41) is 3.28. The molecule has 0 fully saturated rings. The Morgan fingerprint density at radius 2 is 1.84 bits per heavy atom. The fourth-order valence-electron chi connectivity index (χ4n) is 1.73. The second-order valence-electron chi connectivity index (χ2n) is 4.40. The average Bonchev–Trinajstić information content (AvgIpc) is 2.41. The monoisotopic (exact) mass is 258 g/mol. The molecule has 4 N–H and O–H groups in total. The molecule has 2 heterocycles. The van der Waals surface area contributed by atoms with E-state index < -0.39 is 0 Å². The van der Waals surface area contributed by atoms with Crippen molar-refractivity contribution in [3.63, 3.8) is 0 Å². The summed E-state index contributed by atoms with van der Waals surface area (Å²) < 4.78 is 0. The van der Waals surface area contributed by atoms with Crippen LogP contribution in [0.1, 0.15) is 22.6 Å². The third-order valence-electron chi connectivity index (χ3n) is 2.83. The quantitative estimate of drug-likeness (QED) is 0.571. The van der Waals surface area contributed by atoms with Crippen molar-refractivity contribution in [2.45, 2.75) is 27.3 Å². The van der Waals surface area contributed by atoms with Crippen LogP contribution in [0, 0.1) is 20.8 Å². The molecule has 100 valence electrons. The minimum atomic E-state index is 0.636. The van der Waals surface area contributed by atoms with E-state index in [4.69, 9.17) is 5.84 Å². The van der Waals surface area contributed by atoms with Crippen LogP contribution in [0.2, 0.25) is 0 Å². The van der Waals surface area contributed by atoms with Crippen LogP contribution in [0.15, 0.2) is 18.3 Å². The first-order chi connectivity index (χ1) is 9.10. The van der Waals surface area contributed by atoms with Crippen molar-refractivity contribution >= 4 is 11.6 Å². The van der Waals surface area contributed by atoms with Gasteiger partial charge in [0.25, 0.3) is 0 Å². The van der Waals surface area contributed by atoms with Crippen LogP contribution in [0.25, 0.3) is 0 Å². The summed E-state index contributed by atoms with van der Waals surface area (Å²) in [6.45, 7) is 6.38. The molecule has 0 aromatic carbocycles. The molecular weight excluding hydrogens is 240 g/mol. The Balaban J connectivity index is 2.15. The Morgan fingerprint density at radius 1 is 1.11 bits per heavy atom. The van der Waals surface area contributed by atoms with Crippen LogP contribution in [0.4, 0.5) is 11.6 Å². The number of hydrogen-bond donors (Lipinski definition) is 3. The zero-order valence-corrected chi connectivity index (χ0v) is 11.4. The highest BCUT2D eigenvalue weighted by Crippen LogP contribution is 2.19. The smallest absolute Gasteiger partial charge is 0.148 e. The molecule has 0 saturated heterocycles. The molecule has 2 aromatic heterocycles. The molecule has 2 rings (SSSR count). The number of nitrogens with one attached hydrogen (secondary N) is 2. The molecule has 0 unspecified atom stereocenters. The first-order valence-electron chi connectivity index (χ1n) is 6.07. The minimum Gasteiger partial charge on any atom is -0.366 e. The van der Waals surface area contributed by atoms with E-state index in [1.54, 1.807) is 0 Å². The zero-order chi connectivity index (χ0) is 13.8. The maximum absolute atomic E-state index is 5.43. The highest BCUT2D eigenvalue weighted by molar-refractivity contribution is 5.56. The number of anilines is 2. The molecule has 0 aliphatic heterocycles. The van der Waals surface area contributed by atoms with Crippen LogP contribution < -0.4 is 16.6 Å². The average molecular weight is 258 g/mol. The second-order valence-corrected chi connectivity index (χ2v) is 4.40. The number of hydrogen-bond acceptors (Lipinski definition) is 6. The highest BCUT2D eigenvalue weighted by Gasteiger charge is 2.07. The Labute approximate surface area is 112 Å². The number of nitrogens with zero attached hydrogens (tertiary/aromatic N) is 3. The van der Waals surface area contributed by atoms with E-state index in [2.05, 4.69) is 25.7 Å². The van der Waals surface area contributed by atoms with Crippen molar-refractivity contribution in [2.24, 2.45) is 5.84 Å². The van der Waals surface area contributed by atoms with Crippen LogP contribution in [-0.4, -0.2) is 15.0 Å². The third kappa shape index (κ3) is 3.17. The summed E-state index contributed by atoms with van der Waals surface area (Å²) in [4.78, 5) is 12.9. The lowest BCUT2D eigenvalue weighted by Gasteiger charge is -2.12. The van der Waals surface area contributed by atoms with Gasteiger partial charge in [-0.15, -0.1) is 0 Å². The van der Waals surface area contributed by atoms with Crippen molar-refractivity contribution in [3.05, 3.63) is 41.0 Å². The van der Waals surface area contributed by atoms with E-state index in [-0.39, 0.29) is 0 Å². The molecule has 0 aliphatic carbocycles. The Kier molecular flexibility index (Phi) is 3.91. The Hall–Kier alpha value is -2.21. The minimum absolute atomic E-state index is 0.636. The number of rotatable bonds is 4. The van der Waals surface area contributed by atoms with Gasteiger partial charge in [-0.05, 0) is 32.4 Å². The van der Waals surface area contributed by atoms with Gasteiger partial charge >= 0.3 is 0 Å². The van der Waals surface area contributed by atoms with Crippen molar-refractivity contribution in [1.82, 2.24) is 15.0 Å². The topological polar surface area (TPSA) is 88.8 Å². The molecule has 2 aromatic rings. The van der Waals surface area contributed by atoms with Gasteiger partial charge < -0.3 is 10.7 Å². The number of aryl methyl sites for hydroxylation is 2. The lowest BCUT2D eigenvalue weighted by atomic mass is 10.2. The first kappa shape index (κ1) is 13.2. The normalized spacial score (nSPS) is 10.3. The molecule has 19 heavy (non-hydrogen) atoms. The van der Waals surface area contributed by atoms with Gasteiger partial charge in [0, 0.05) is 24.0 Å². The van der Waals surface area contributed by atoms with E-state index in [1.807, 2.05) is 39.1 Å². The van der Waals surface area contributed by atoms with Gasteiger partial charge in [0.1, 0.15) is 17.5 Å². The van der Waals surface area contributed by atoms with Crippen LogP contribution in [-0.2, 0) is 6.54 Å². The van der Waals surface area contributed by atoms with Gasteiger partial charge in [-0.2, -0.15) is 0 Å². The van der Waals surface area contributed by atoms with Gasteiger partial charge in [-0.1, -0.05) is 6.07 Å². The van der Waals surface area contributed by atoms with Crippen molar-refractivity contribution in [2.75, 3.05) is 10.7 Å². The summed E-state index contributed by atoms with van der Waals surface area (Å²) in [7, 11) is 0. The number of aromatic nitrogens is 3. The Morgan fingerprint density at radius 3 is 2.47 bits per heavy atom. The van der Waals surface area contributed by atoms with Crippen LogP contribution >= 0.6 is 0 Å². The Bertz CT molecular complexity index is 564. The maximum Gasteiger partial charge on any atom is 0.148 e. The summed E-state index contributed by atoms with van der Waals surface area (Å²) in [6.07, 6.45) is 1.85. The highest BCUT2D eigenvalue weighted by atomic mass is 15.3. The van der Waals surface area contributed by atoms with Crippen molar-refractivity contribution in [1.29, 1.82) is 0 Å². The van der Waals surface area contributed by atoms with Gasteiger partial charge in [-0.3, -0.25) is 4.98 Å². The molecular formula is C13H18N6. The van der Waals surface area contributed by atoms with E-state index in [9.17, 15) is 0 Å². The summed E-state index contributed by atoms with van der Waals surface area (Å²) in [5.74, 6) is 7.52. The molecule has 0 bridgehead atoms. The van der Waals surface area contributed by atoms with Crippen molar-refractivity contribution in [3.8, 4) is 0 Å². The fraction of sp³-hybridized carbons (Fsp3) is 0.308.